The molecule has 2 rings (SSSR count). The number of ketones is 1. The molecule has 0 radical (unpaired) electrons. The zero-order valence-electron chi connectivity index (χ0n) is 15.2. The molecule has 2 aliphatic carbocycles. The highest BCUT2D eigenvalue weighted by molar-refractivity contribution is 5.91. The first kappa shape index (κ1) is 18.4. The third-order valence-corrected chi connectivity index (χ3v) is 5.96. The second kappa shape index (κ2) is 6.18. The van der Waals surface area contributed by atoms with Gasteiger partial charge in [0.2, 0.25) is 0 Å². The Bertz CT molecular complexity index is 511. The molecule has 23 heavy (non-hydrogen) atoms. The van der Waals surface area contributed by atoms with Gasteiger partial charge in [0, 0.05) is 5.92 Å². The van der Waals surface area contributed by atoms with Crippen LogP contribution in [0, 0.1) is 23.2 Å². The minimum atomic E-state index is -1.06. The molecule has 5 atom stereocenters. The van der Waals surface area contributed by atoms with Gasteiger partial charge in [-0.15, -0.1) is 0 Å². The van der Waals surface area contributed by atoms with Gasteiger partial charge in [-0.2, -0.15) is 0 Å². The minimum absolute atomic E-state index is 0.0182. The lowest BCUT2D eigenvalue weighted by molar-refractivity contribution is -0.118. The van der Waals surface area contributed by atoms with Gasteiger partial charge in [0.15, 0.2) is 5.78 Å². The van der Waals surface area contributed by atoms with E-state index in [4.69, 9.17) is 0 Å². The van der Waals surface area contributed by atoms with Crippen LogP contribution < -0.4 is 0 Å². The van der Waals surface area contributed by atoms with Gasteiger partial charge < -0.3 is 10.2 Å². The van der Waals surface area contributed by atoms with Crippen LogP contribution in [0.1, 0.15) is 60.3 Å². The van der Waals surface area contributed by atoms with Crippen LogP contribution >= 0.6 is 0 Å². The Balaban J connectivity index is 2.21. The van der Waals surface area contributed by atoms with E-state index in [1.807, 2.05) is 19.9 Å². The van der Waals surface area contributed by atoms with Crippen LogP contribution in [-0.2, 0) is 4.79 Å². The van der Waals surface area contributed by atoms with Crippen LogP contribution in [0.3, 0.4) is 0 Å². The summed E-state index contributed by atoms with van der Waals surface area (Å²) in [6, 6.07) is 0. The van der Waals surface area contributed by atoms with Crippen molar-refractivity contribution in [3.8, 4) is 0 Å². The molecule has 1 fully saturated rings. The van der Waals surface area contributed by atoms with Crippen LogP contribution in [0.5, 0.6) is 0 Å². The van der Waals surface area contributed by atoms with E-state index < -0.39 is 11.2 Å². The topological polar surface area (TPSA) is 57.5 Å². The molecule has 130 valence electrons. The molecule has 3 heteroatoms. The Hall–Kier alpha value is -0.930. The number of carbonyl (C=O) groups excluding carboxylic acids is 1. The number of hydrogen-bond acceptors (Lipinski definition) is 3. The normalized spacial score (nSPS) is 44.5. The lowest BCUT2D eigenvalue weighted by Crippen LogP contribution is -2.24. The summed E-state index contributed by atoms with van der Waals surface area (Å²) < 4.78 is 0. The van der Waals surface area contributed by atoms with E-state index in [1.165, 1.54) is 6.08 Å². The fourth-order valence-electron chi connectivity index (χ4n) is 3.97. The van der Waals surface area contributed by atoms with E-state index in [0.717, 1.165) is 12.8 Å². The Morgan fingerprint density at radius 3 is 2.35 bits per heavy atom. The molecule has 3 nitrogen and oxygen atoms in total. The van der Waals surface area contributed by atoms with Gasteiger partial charge in [0.25, 0.3) is 0 Å². The summed E-state index contributed by atoms with van der Waals surface area (Å²) in [6.45, 7) is 10.0. The van der Waals surface area contributed by atoms with Crippen LogP contribution in [0.15, 0.2) is 24.3 Å². The Kier molecular flexibility index (Phi) is 4.94. The highest BCUT2D eigenvalue weighted by Crippen LogP contribution is 2.63. The molecule has 0 bridgehead atoms. The number of hydrogen-bond donors (Lipinski definition) is 2. The third-order valence-electron chi connectivity index (χ3n) is 5.96. The van der Waals surface area contributed by atoms with Gasteiger partial charge in [0.05, 0.1) is 11.2 Å². The monoisotopic (exact) mass is 320 g/mol. The standard InChI is InChI=1S/C20H32O3/c1-14-13-16-15(18(16,2)3)7-11-19(4,22)9-6-10-20(5,23)12-8-17(14)21/h6,8-9,12,14-16,22-23H,7,10-11,13H2,1-5H3. The molecule has 0 aromatic rings. The first-order chi connectivity index (χ1) is 10.4. The van der Waals surface area contributed by atoms with Crippen molar-refractivity contribution in [2.24, 2.45) is 23.2 Å². The molecule has 0 saturated heterocycles. The Morgan fingerprint density at radius 1 is 1.04 bits per heavy atom. The number of fused-ring (bicyclic) bond motifs is 1. The molecule has 5 unspecified atom stereocenters. The van der Waals surface area contributed by atoms with E-state index in [1.54, 1.807) is 19.1 Å². The number of aliphatic hydroxyl groups is 2. The maximum Gasteiger partial charge on any atom is 0.158 e. The van der Waals surface area contributed by atoms with Crippen molar-refractivity contribution in [2.45, 2.75) is 71.5 Å². The smallest absolute Gasteiger partial charge is 0.158 e. The van der Waals surface area contributed by atoms with Gasteiger partial charge in [-0.3, -0.25) is 4.79 Å². The van der Waals surface area contributed by atoms with Crippen molar-refractivity contribution >= 4 is 5.78 Å². The van der Waals surface area contributed by atoms with Gasteiger partial charge >= 0.3 is 0 Å². The van der Waals surface area contributed by atoms with Crippen molar-refractivity contribution in [2.75, 3.05) is 0 Å². The summed E-state index contributed by atoms with van der Waals surface area (Å²) in [6.07, 6.45) is 9.70. The number of carbonyl (C=O) groups is 1. The molecule has 0 aromatic heterocycles. The van der Waals surface area contributed by atoms with E-state index in [0.29, 0.717) is 24.7 Å². The van der Waals surface area contributed by atoms with Gasteiger partial charge in [-0.1, -0.05) is 32.9 Å². The van der Waals surface area contributed by atoms with Gasteiger partial charge in [-0.25, -0.2) is 0 Å². The zero-order valence-corrected chi connectivity index (χ0v) is 15.2. The molecule has 2 aliphatic rings. The average molecular weight is 320 g/mol. The number of allylic oxidation sites excluding steroid dienone is 1. The second-order valence-electron chi connectivity index (χ2n) is 8.77. The predicted octanol–water partition coefficient (Wildman–Crippen LogP) is 3.65. The maximum atomic E-state index is 12.3. The largest absolute Gasteiger partial charge is 0.386 e. The average Bonchev–Trinajstić information content (AvgIpc) is 2.93. The molecule has 1 saturated carbocycles. The molecule has 0 spiro atoms. The van der Waals surface area contributed by atoms with Crippen molar-refractivity contribution in [1.29, 1.82) is 0 Å². The third kappa shape index (κ3) is 4.54. The van der Waals surface area contributed by atoms with E-state index in [-0.39, 0.29) is 17.1 Å². The molecular formula is C20H32O3. The summed E-state index contributed by atoms with van der Waals surface area (Å²) in [5, 5.41) is 20.8. The maximum absolute atomic E-state index is 12.3. The first-order valence-electron chi connectivity index (χ1n) is 8.80. The van der Waals surface area contributed by atoms with Crippen molar-refractivity contribution in [1.82, 2.24) is 0 Å². The van der Waals surface area contributed by atoms with E-state index in [2.05, 4.69) is 13.8 Å². The summed E-state index contributed by atoms with van der Waals surface area (Å²) in [4.78, 5) is 12.3. The Labute approximate surface area is 140 Å². The summed E-state index contributed by atoms with van der Waals surface area (Å²) in [5.74, 6) is 1.20. The zero-order chi connectivity index (χ0) is 17.5. The summed E-state index contributed by atoms with van der Waals surface area (Å²) in [7, 11) is 0. The predicted molar refractivity (Wildman–Crippen MR) is 92.9 cm³/mol. The van der Waals surface area contributed by atoms with Crippen LogP contribution in [0.2, 0.25) is 0 Å². The SMILES string of the molecule is CC1CC2C(CCC(C)(O)C=CCC(C)(O)C=CC1=O)C2(C)C. The minimum Gasteiger partial charge on any atom is -0.386 e. The molecule has 0 heterocycles. The van der Waals surface area contributed by atoms with E-state index in [9.17, 15) is 15.0 Å². The van der Waals surface area contributed by atoms with Gasteiger partial charge in [-0.05, 0) is 68.9 Å². The number of rotatable bonds is 0. The highest BCUT2D eigenvalue weighted by Gasteiger charge is 2.57. The highest BCUT2D eigenvalue weighted by atomic mass is 16.3. The van der Waals surface area contributed by atoms with E-state index >= 15 is 0 Å². The van der Waals surface area contributed by atoms with Crippen molar-refractivity contribution in [3.05, 3.63) is 24.3 Å². The van der Waals surface area contributed by atoms with Crippen LogP contribution in [0.25, 0.3) is 0 Å². The van der Waals surface area contributed by atoms with Crippen molar-refractivity contribution < 1.29 is 15.0 Å². The molecule has 0 aliphatic heterocycles. The van der Waals surface area contributed by atoms with Crippen LogP contribution in [-0.4, -0.2) is 27.2 Å². The van der Waals surface area contributed by atoms with Crippen molar-refractivity contribution in [3.63, 3.8) is 0 Å². The quantitative estimate of drug-likeness (QED) is 0.670. The fraction of sp³-hybridized carbons (Fsp3) is 0.750. The molecule has 2 N–H and O–H groups in total. The van der Waals surface area contributed by atoms with Crippen LogP contribution in [0.4, 0.5) is 0 Å². The fourth-order valence-corrected chi connectivity index (χ4v) is 3.97. The van der Waals surface area contributed by atoms with Gasteiger partial charge in [0.1, 0.15) is 0 Å². The molecule has 0 aromatic carbocycles. The second-order valence-corrected chi connectivity index (χ2v) is 8.77. The molecule has 0 amide bonds. The first-order valence-corrected chi connectivity index (χ1v) is 8.80. The Morgan fingerprint density at radius 2 is 1.70 bits per heavy atom. The summed E-state index contributed by atoms with van der Waals surface area (Å²) in [5.41, 5.74) is -1.65. The summed E-state index contributed by atoms with van der Waals surface area (Å²) >= 11 is 0. The lowest BCUT2D eigenvalue weighted by Gasteiger charge is -2.21. The lowest BCUT2D eigenvalue weighted by atomic mass is 9.91. The molecular weight excluding hydrogens is 288 g/mol.